The number of carbonyl (C=O) groups is 1. The summed E-state index contributed by atoms with van der Waals surface area (Å²) < 4.78 is 1.40. The summed E-state index contributed by atoms with van der Waals surface area (Å²) in [6.07, 6.45) is 0. The molecular formula is C22H18N4O3. The van der Waals surface area contributed by atoms with Gasteiger partial charge in [-0.3, -0.25) is 4.79 Å². The van der Waals surface area contributed by atoms with Crippen LogP contribution in [0.15, 0.2) is 66.7 Å². The van der Waals surface area contributed by atoms with Crippen LogP contribution < -0.4 is 5.32 Å². The molecule has 0 bridgehead atoms. The number of aryl methyl sites for hydroxylation is 1. The predicted octanol–water partition coefficient (Wildman–Crippen LogP) is 4.34. The first kappa shape index (κ1) is 18.2. The summed E-state index contributed by atoms with van der Waals surface area (Å²) in [5.74, 6) is 0.130. The van der Waals surface area contributed by atoms with Gasteiger partial charge in [-0.15, -0.1) is 0 Å². The zero-order valence-corrected chi connectivity index (χ0v) is 15.7. The molecule has 7 heteroatoms. The first-order valence-corrected chi connectivity index (χ1v) is 8.90. The highest BCUT2D eigenvalue weighted by Gasteiger charge is 2.14. The molecule has 0 saturated carbocycles. The standard InChI is InChI=1S/C22H18N4O3/c1-14-3-5-16(6-4-14)22(27)23-17-9-7-15(8-10-17)21-24-19-12-11-18(25(2)28)13-20(19)26(21)29/h3-13,29H,2H2,1H3,(H,23,27). The van der Waals surface area contributed by atoms with Gasteiger partial charge in [0.1, 0.15) is 12.2 Å². The van der Waals surface area contributed by atoms with Gasteiger partial charge in [0.2, 0.25) is 5.69 Å². The maximum Gasteiger partial charge on any atom is 0.255 e. The molecule has 29 heavy (non-hydrogen) atoms. The van der Waals surface area contributed by atoms with Crippen LogP contribution >= 0.6 is 0 Å². The molecule has 144 valence electrons. The Hall–Kier alpha value is -4.13. The highest BCUT2D eigenvalue weighted by atomic mass is 16.5. The Morgan fingerprint density at radius 1 is 1.10 bits per heavy atom. The lowest BCUT2D eigenvalue weighted by Crippen LogP contribution is -2.11. The molecule has 0 aliphatic carbocycles. The Labute approximate surface area is 166 Å². The molecule has 2 N–H and O–H groups in total. The topological polar surface area (TPSA) is 93.2 Å². The fraction of sp³-hybridized carbons (Fsp3) is 0.0455. The van der Waals surface area contributed by atoms with Crippen molar-refractivity contribution in [1.82, 2.24) is 9.71 Å². The summed E-state index contributed by atoms with van der Waals surface area (Å²) in [6, 6.07) is 19.0. The molecule has 1 aromatic heterocycles. The number of imidazole rings is 1. The third kappa shape index (κ3) is 3.53. The third-order valence-corrected chi connectivity index (χ3v) is 4.62. The lowest BCUT2D eigenvalue weighted by molar-refractivity contribution is -0.349. The minimum absolute atomic E-state index is 0.199. The Morgan fingerprint density at radius 2 is 1.79 bits per heavy atom. The van der Waals surface area contributed by atoms with E-state index in [-0.39, 0.29) is 5.91 Å². The maximum atomic E-state index is 12.3. The van der Waals surface area contributed by atoms with E-state index in [4.69, 9.17) is 0 Å². The summed E-state index contributed by atoms with van der Waals surface area (Å²) in [7, 11) is 0. The summed E-state index contributed by atoms with van der Waals surface area (Å²) in [6.45, 7) is 5.27. The zero-order chi connectivity index (χ0) is 20.5. The van der Waals surface area contributed by atoms with Crippen LogP contribution in [0.5, 0.6) is 0 Å². The maximum absolute atomic E-state index is 12.3. The molecule has 3 aromatic carbocycles. The SMILES string of the molecule is C=[N+]([O-])c1ccc2nc(-c3ccc(NC(=O)c4ccc(C)cc4)cc3)n(O)c2c1. The minimum Gasteiger partial charge on any atom is -0.619 e. The molecule has 4 rings (SSSR count). The van der Waals surface area contributed by atoms with Crippen LogP contribution in [0.1, 0.15) is 15.9 Å². The fourth-order valence-electron chi connectivity index (χ4n) is 3.00. The van der Waals surface area contributed by atoms with Gasteiger partial charge in [-0.25, -0.2) is 4.98 Å². The number of benzene rings is 3. The van der Waals surface area contributed by atoms with E-state index < -0.39 is 0 Å². The Morgan fingerprint density at radius 3 is 2.45 bits per heavy atom. The monoisotopic (exact) mass is 386 g/mol. The van der Waals surface area contributed by atoms with Gasteiger partial charge in [-0.2, -0.15) is 9.47 Å². The number of amides is 1. The first-order valence-electron chi connectivity index (χ1n) is 8.90. The lowest BCUT2D eigenvalue weighted by Gasteiger charge is -2.07. The van der Waals surface area contributed by atoms with Gasteiger partial charge >= 0.3 is 0 Å². The van der Waals surface area contributed by atoms with Crippen molar-refractivity contribution < 1.29 is 14.7 Å². The van der Waals surface area contributed by atoms with Crippen molar-refractivity contribution in [2.45, 2.75) is 6.92 Å². The molecule has 0 aliphatic heterocycles. The average Bonchev–Trinajstić information content (AvgIpc) is 3.05. The Balaban J connectivity index is 1.59. The largest absolute Gasteiger partial charge is 0.619 e. The van der Waals surface area contributed by atoms with Crippen LogP contribution in [0.25, 0.3) is 22.4 Å². The van der Waals surface area contributed by atoms with Crippen LogP contribution in [0.3, 0.4) is 0 Å². The molecule has 0 aliphatic rings. The highest BCUT2D eigenvalue weighted by Crippen LogP contribution is 2.27. The molecule has 0 saturated heterocycles. The van der Waals surface area contributed by atoms with E-state index in [1.54, 1.807) is 48.5 Å². The van der Waals surface area contributed by atoms with E-state index in [9.17, 15) is 15.2 Å². The number of nitrogens with one attached hydrogen (secondary N) is 1. The van der Waals surface area contributed by atoms with Crippen molar-refractivity contribution in [3.05, 3.63) is 83.1 Å². The molecule has 0 spiro atoms. The molecule has 1 amide bonds. The van der Waals surface area contributed by atoms with Crippen molar-refractivity contribution in [3.8, 4) is 11.4 Å². The number of aromatic nitrogens is 2. The number of rotatable bonds is 4. The number of hydrogen-bond acceptors (Lipinski definition) is 4. The number of carbonyl (C=O) groups excluding carboxylic acids is 1. The van der Waals surface area contributed by atoms with Gasteiger partial charge < -0.3 is 15.7 Å². The second-order valence-corrected chi connectivity index (χ2v) is 6.70. The van der Waals surface area contributed by atoms with E-state index in [1.165, 1.54) is 6.07 Å². The van der Waals surface area contributed by atoms with E-state index >= 15 is 0 Å². The summed E-state index contributed by atoms with van der Waals surface area (Å²) in [5.41, 5.74) is 4.21. The predicted molar refractivity (Wildman–Crippen MR) is 112 cm³/mol. The summed E-state index contributed by atoms with van der Waals surface area (Å²) >= 11 is 0. The highest BCUT2D eigenvalue weighted by molar-refractivity contribution is 6.04. The molecule has 7 nitrogen and oxygen atoms in total. The van der Waals surface area contributed by atoms with E-state index in [2.05, 4.69) is 17.0 Å². The summed E-state index contributed by atoms with van der Waals surface area (Å²) in [5, 5.41) is 24.7. The van der Waals surface area contributed by atoms with Crippen molar-refractivity contribution in [1.29, 1.82) is 0 Å². The molecule has 0 radical (unpaired) electrons. The zero-order valence-electron chi connectivity index (χ0n) is 15.7. The molecular weight excluding hydrogens is 368 g/mol. The summed E-state index contributed by atoms with van der Waals surface area (Å²) in [4.78, 5) is 16.8. The van der Waals surface area contributed by atoms with Gasteiger partial charge in [0.25, 0.3) is 5.91 Å². The number of anilines is 1. The van der Waals surface area contributed by atoms with Gasteiger partial charge in [-0.1, -0.05) is 17.7 Å². The normalized spacial score (nSPS) is 10.8. The smallest absolute Gasteiger partial charge is 0.255 e. The first-order chi connectivity index (χ1) is 13.9. The lowest BCUT2D eigenvalue weighted by atomic mass is 10.1. The molecule has 0 fully saturated rings. The van der Waals surface area contributed by atoms with Crippen molar-refractivity contribution >= 4 is 35.0 Å². The van der Waals surface area contributed by atoms with Crippen LogP contribution in [-0.4, -0.2) is 32.3 Å². The second kappa shape index (κ2) is 7.12. The van der Waals surface area contributed by atoms with Crippen molar-refractivity contribution in [2.75, 3.05) is 5.32 Å². The van der Waals surface area contributed by atoms with Gasteiger partial charge in [-0.05, 0) is 49.4 Å². The number of hydrogen-bond donors (Lipinski definition) is 2. The van der Waals surface area contributed by atoms with Gasteiger partial charge in [0.15, 0.2) is 5.82 Å². The van der Waals surface area contributed by atoms with Crippen LogP contribution in [-0.2, 0) is 0 Å². The van der Waals surface area contributed by atoms with E-state index in [0.29, 0.717) is 44.1 Å². The Kier molecular flexibility index (Phi) is 4.48. The van der Waals surface area contributed by atoms with Crippen molar-refractivity contribution in [3.63, 3.8) is 0 Å². The minimum atomic E-state index is -0.199. The third-order valence-electron chi connectivity index (χ3n) is 4.62. The molecule has 1 heterocycles. The van der Waals surface area contributed by atoms with Crippen LogP contribution in [0.2, 0.25) is 0 Å². The fourth-order valence-corrected chi connectivity index (χ4v) is 3.00. The second-order valence-electron chi connectivity index (χ2n) is 6.70. The molecule has 0 atom stereocenters. The quantitative estimate of drug-likeness (QED) is 0.179. The van der Waals surface area contributed by atoms with Crippen molar-refractivity contribution in [2.24, 2.45) is 0 Å². The van der Waals surface area contributed by atoms with Crippen LogP contribution in [0.4, 0.5) is 11.4 Å². The van der Waals surface area contributed by atoms with Gasteiger partial charge in [0.05, 0.1) is 5.52 Å². The number of fused-ring (bicyclic) bond motifs is 1. The number of nitrogens with zero attached hydrogens (tertiary/aromatic N) is 3. The molecule has 0 unspecified atom stereocenters. The van der Waals surface area contributed by atoms with Crippen LogP contribution in [0, 0.1) is 12.1 Å². The molecule has 4 aromatic rings. The van der Waals surface area contributed by atoms with E-state index in [0.717, 1.165) is 10.3 Å². The van der Waals surface area contributed by atoms with E-state index in [1.807, 2.05) is 19.1 Å². The average molecular weight is 386 g/mol. The van der Waals surface area contributed by atoms with Gasteiger partial charge in [0, 0.05) is 28.9 Å². The Bertz CT molecular complexity index is 1230.